The first-order chi connectivity index (χ1) is 8.36. The standard InChI is InChI=1S/C10H11F3N2O3/c11-10(12,13)7-3-2-6(8(14)17)9(15-7)18-5-1-4-16/h2-3,16H,1,4-5H2,(H2,14,17). The van der Waals surface area contributed by atoms with E-state index < -0.39 is 23.7 Å². The van der Waals surface area contributed by atoms with Crippen LogP contribution in [0.25, 0.3) is 0 Å². The van der Waals surface area contributed by atoms with Crippen LogP contribution in [-0.4, -0.2) is 29.2 Å². The number of pyridine rings is 1. The molecule has 3 N–H and O–H groups in total. The number of carbonyl (C=O) groups is 1. The first-order valence-electron chi connectivity index (χ1n) is 4.98. The van der Waals surface area contributed by atoms with Crippen molar-refractivity contribution in [3.05, 3.63) is 23.4 Å². The van der Waals surface area contributed by atoms with Gasteiger partial charge < -0.3 is 15.6 Å². The van der Waals surface area contributed by atoms with E-state index in [0.29, 0.717) is 6.07 Å². The molecule has 0 unspecified atom stereocenters. The van der Waals surface area contributed by atoms with Crippen LogP contribution in [0.3, 0.4) is 0 Å². The first kappa shape index (κ1) is 14.2. The van der Waals surface area contributed by atoms with Crippen molar-refractivity contribution >= 4 is 5.91 Å². The normalized spacial score (nSPS) is 11.3. The lowest BCUT2D eigenvalue weighted by molar-refractivity contribution is -0.141. The number of rotatable bonds is 5. The van der Waals surface area contributed by atoms with E-state index in [2.05, 4.69) is 4.98 Å². The molecule has 1 rings (SSSR count). The minimum absolute atomic E-state index is 0.0644. The van der Waals surface area contributed by atoms with Gasteiger partial charge in [0.1, 0.15) is 11.3 Å². The van der Waals surface area contributed by atoms with Gasteiger partial charge in [-0.1, -0.05) is 0 Å². The number of aliphatic hydroxyl groups excluding tert-OH is 1. The fraction of sp³-hybridized carbons (Fsp3) is 0.400. The number of hydrogen-bond donors (Lipinski definition) is 2. The molecule has 0 aliphatic rings. The molecule has 0 atom stereocenters. The topological polar surface area (TPSA) is 85.4 Å². The second kappa shape index (κ2) is 5.67. The van der Waals surface area contributed by atoms with Gasteiger partial charge in [-0.25, -0.2) is 4.98 Å². The Morgan fingerprint density at radius 2 is 2.11 bits per heavy atom. The van der Waals surface area contributed by atoms with Gasteiger partial charge in [0.05, 0.1) is 6.61 Å². The monoisotopic (exact) mass is 264 g/mol. The summed E-state index contributed by atoms with van der Waals surface area (Å²) in [5.74, 6) is -1.42. The van der Waals surface area contributed by atoms with Crippen molar-refractivity contribution in [3.63, 3.8) is 0 Å². The zero-order valence-electron chi connectivity index (χ0n) is 9.20. The highest BCUT2D eigenvalue weighted by molar-refractivity contribution is 5.95. The number of amides is 1. The number of aromatic nitrogens is 1. The molecular weight excluding hydrogens is 253 g/mol. The molecule has 5 nitrogen and oxygen atoms in total. The predicted octanol–water partition coefficient (Wildman–Crippen LogP) is 0.960. The summed E-state index contributed by atoms with van der Waals surface area (Å²) in [6.07, 6.45) is -4.43. The average Bonchev–Trinajstić information content (AvgIpc) is 2.27. The van der Waals surface area contributed by atoms with E-state index in [9.17, 15) is 18.0 Å². The Labute approximate surface area is 100 Å². The van der Waals surface area contributed by atoms with Crippen molar-refractivity contribution < 1.29 is 27.8 Å². The molecule has 0 saturated carbocycles. The van der Waals surface area contributed by atoms with E-state index in [0.717, 1.165) is 6.07 Å². The van der Waals surface area contributed by atoms with Gasteiger partial charge in [0.2, 0.25) is 5.88 Å². The number of ether oxygens (including phenoxy) is 1. The van der Waals surface area contributed by atoms with Crippen LogP contribution < -0.4 is 10.5 Å². The van der Waals surface area contributed by atoms with Crippen LogP contribution in [0.1, 0.15) is 22.5 Å². The van der Waals surface area contributed by atoms with Gasteiger partial charge in [-0.05, 0) is 12.1 Å². The van der Waals surface area contributed by atoms with Gasteiger partial charge in [-0.15, -0.1) is 0 Å². The Morgan fingerprint density at radius 3 is 2.61 bits per heavy atom. The number of nitrogens with two attached hydrogens (primary N) is 1. The summed E-state index contributed by atoms with van der Waals surface area (Å²) in [6, 6.07) is 1.56. The van der Waals surface area contributed by atoms with Crippen LogP contribution >= 0.6 is 0 Å². The number of aliphatic hydroxyl groups is 1. The molecule has 0 bridgehead atoms. The van der Waals surface area contributed by atoms with Gasteiger partial charge >= 0.3 is 6.18 Å². The average molecular weight is 264 g/mol. The third kappa shape index (κ3) is 3.59. The summed E-state index contributed by atoms with van der Waals surface area (Å²) < 4.78 is 42.1. The summed E-state index contributed by atoms with van der Waals surface area (Å²) in [5.41, 5.74) is 3.58. The first-order valence-corrected chi connectivity index (χ1v) is 4.98. The second-order valence-corrected chi connectivity index (χ2v) is 3.34. The Balaban J connectivity index is 3.04. The van der Waals surface area contributed by atoms with Crippen LogP contribution in [0.4, 0.5) is 13.2 Å². The smallest absolute Gasteiger partial charge is 0.433 e. The van der Waals surface area contributed by atoms with Crippen molar-refractivity contribution in [2.24, 2.45) is 5.73 Å². The molecule has 100 valence electrons. The molecule has 0 aromatic carbocycles. The number of hydrogen-bond acceptors (Lipinski definition) is 4. The van der Waals surface area contributed by atoms with Crippen LogP contribution in [-0.2, 0) is 6.18 Å². The van der Waals surface area contributed by atoms with E-state index >= 15 is 0 Å². The van der Waals surface area contributed by atoms with Crippen LogP contribution in [0, 0.1) is 0 Å². The highest BCUT2D eigenvalue weighted by Gasteiger charge is 2.33. The quantitative estimate of drug-likeness (QED) is 0.776. The minimum Gasteiger partial charge on any atom is -0.477 e. The van der Waals surface area contributed by atoms with Crippen LogP contribution in [0.15, 0.2) is 12.1 Å². The molecule has 18 heavy (non-hydrogen) atoms. The SMILES string of the molecule is NC(=O)c1ccc(C(F)(F)F)nc1OCCCO. The Hall–Kier alpha value is -1.83. The van der Waals surface area contributed by atoms with E-state index in [1.165, 1.54) is 0 Å². The van der Waals surface area contributed by atoms with Gasteiger partial charge in [-0.2, -0.15) is 13.2 Å². The molecular formula is C10H11F3N2O3. The number of nitrogens with zero attached hydrogens (tertiary/aromatic N) is 1. The maximum absolute atomic E-state index is 12.4. The maximum atomic E-state index is 12.4. The number of halogens is 3. The Morgan fingerprint density at radius 1 is 1.44 bits per heavy atom. The predicted molar refractivity (Wildman–Crippen MR) is 55.0 cm³/mol. The summed E-state index contributed by atoms with van der Waals surface area (Å²) in [5, 5.41) is 8.53. The summed E-state index contributed by atoms with van der Waals surface area (Å²) in [6.45, 7) is -0.254. The largest absolute Gasteiger partial charge is 0.477 e. The summed E-state index contributed by atoms with van der Waals surface area (Å²) in [7, 11) is 0. The molecule has 0 aliphatic heterocycles. The van der Waals surface area contributed by atoms with Crippen LogP contribution in [0.2, 0.25) is 0 Å². The molecule has 1 aromatic rings. The third-order valence-electron chi connectivity index (χ3n) is 1.96. The number of alkyl halides is 3. The van der Waals surface area contributed by atoms with Crippen molar-refractivity contribution in [1.29, 1.82) is 0 Å². The van der Waals surface area contributed by atoms with Crippen molar-refractivity contribution in [2.45, 2.75) is 12.6 Å². The van der Waals surface area contributed by atoms with E-state index in [1.807, 2.05) is 0 Å². The zero-order chi connectivity index (χ0) is 13.8. The molecule has 0 spiro atoms. The molecule has 1 aromatic heterocycles. The lowest BCUT2D eigenvalue weighted by atomic mass is 10.2. The maximum Gasteiger partial charge on any atom is 0.433 e. The highest BCUT2D eigenvalue weighted by atomic mass is 19.4. The molecule has 0 fully saturated rings. The summed E-state index contributed by atoms with van der Waals surface area (Å²) in [4.78, 5) is 14.2. The molecule has 0 aliphatic carbocycles. The van der Waals surface area contributed by atoms with Crippen molar-refractivity contribution in [1.82, 2.24) is 4.98 Å². The van der Waals surface area contributed by atoms with E-state index in [1.54, 1.807) is 0 Å². The third-order valence-corrected chi connectivity index (χ3v) is 1.96. The minimum atomic E-state index is -4.63. The lowest BCUT2D eigenvalue weighted by Gasteiger charge is -2.11. The van der Waals surface area contributed by atoms with Gasteiger partial charge in [0.15, 0.2) is 0 Å². The van der Waals surface area contributed by atoms with Crippen molar-refractivity contribution in [2.75, 3.05) is 13.2 Å². The van der Waals surface area contributed by atoms with Crippen LogP contribution in [0.5, 0.6) is 5.88 Å². The van der Waals surface area contributed by atoms with Gasteiger partial charge in [0, 0.05) is 13.0 Å². The van der Waals surface area contributed by atoms with Crippen molar-refractivity contribution in [3.8, 4) is 5.88 Å². The van der Waals surface area contributed by atoms with E-state index in [-0.39, 0.29) is 25.2 Å². The zero-order valence-corrected chi connectivity index (χ0v) is 9.20. The Bertz CT molecular complexity index is 435. The second-order valence-electron chi connectivity index (χ2n) is 3.34. The van der Waals surface area contributed by atoms with E-state index in [4.69, 9.17) is 15.6 Å². The fourth-order valence-corrected chi connectivity index (χ4v) is 1.13. The molecule has 1 heterocycles. The lowest BCUT2D eigenvalue weighted by Crippen LogP contribution is -2.17. The molecule has 8 heteroatoms. The number of primary amides is 1. The number of carbonyl (C=O) groups excluding carboxylic acids is 1. The highest BCUT2D eigenvalue weighted by Crippen LogP contribution is 2.30. The molecule has 0 radical (unpaired) electrons. The Kier molecular flexibility index (Phi) is 4.49. The van der Waals surface area contributed by atoms with Gasteiger partial charge in [-0.3, -0.25) is 4.79 Å². The fourth-order valence-electron chi connectivity index (χ4n) is 1.13. The molecule has 1 amide bonds. The van der Waals surface area contributed by atoms with Gasteiger partial charge in [0.25, 0.3) is 5.91 Å². The summed E-state index contributed by atoms with van der Waals surface area (Å²) >= 11 is 0. The molecule has 0 saturated heterocycles.